The van der Waals surface area contributed by atoms with Crippen LogP contribution in [0, 0.1) is 5.41 Å². The van der Waals surface area contributed by atoms with Crippen LogP contribution < -0.4 is 10.6 Å². The third-order valence-corrected chi connectivity index (χ3v) is 6.44. The molecule has 0 saturated carbocycles. The predicted octanol–water partition coefficient (Wildman–Crippen LogP) is 6.91. The van der Waals surface area contributed by atoms with Crippen LogP contribution in [-0.4, -0.2) is 36.2 Å². The Hall–Kier alpha value is -4.39. The second kappa shape index (κ2) is 14.7. The summed E-state index contributed by atoms with van der Waals surface area (Å²) in [4.78, 5) is 38.8. The average molecular weight is 585 g/mol. The van der Waals surface area contributed by atoms with Crippen molar-refractivity contribution in [3.63, 3.8) is 0 Å². The van der Waals surface area contributed by atoms with Crippen molar-refractivity contribution in [1.29, 1.82) is 0 Å². The van der Waals surface area contributed by atoms with E-state index in [-0.39, 0.29) is 30.8 Å². The van der Waals surface area contributed by atoms with Gasteiger partial charge >= 0.3 is 12.1 Å². The van der Waals surface area contributed by atoms with E-state index in [4.69, 9.17) is 9.47 Å². The van der Waals surface area contributed by atoms with Crippen LogP contribution in [0.2, 0.25) is 0 Å². The second-order valence-corrected chi connectivity index (χ2v) is 12.7. The second-order valence-electron chi connectivity index (χ2n) is 12.7. The Morgan fingerprint density at radius 3 is 1.63 bits per heavy atom. The molecule has 0 spiro atoms. The van der Waals surface area contributed by atoms with Crippen LogP contribution in [0.15, 0.2) is 103 Å². The van der Waals surface area contributed by atoms with E-state index in [0.717, 1.165) is 16.7 Å². The molecule has 0 aromatic heterocycles. The maximum Gasteiger partial charge on any atom is 0.408 e. The van der Waals surface area contributed by atoms with Crippen LogP contribution in [0.25, 0.3) is 0 Å². The van der Waals surface area contributed by atoms with E-state index in [1.165, 1.54) is 6.08 Å². The first-order valence-corrected chi connectivity index (χ1v) is 14.6. The molecule has 228 valence electrons. The zero-order valence-electron chi connectivity index (χ0n) is 26.1. The monoisotopic (exact) mass is 584 g/mol. The van der Waals surface area contributed by atoms with Crippen LogP contribution in [0.4, 0.5) is 4.79 Å². The molecule has 0 unspecified atom stereocenters. The maximum atomic E-state index is 13.8. The molecule has 3 rings (SSSR count). The van der Waals surface area contributed by atoms with Crippen molar-refractivity contribution in [3.05, 3.63) is 120 Å². The van der Waals surface area contributed by atoms with Crippen LogP contribution in [0.3, 0.4) is 0 Å². The summed E-state index contributed by atoms with van der Waals surface area (Å²) in [6.45, 7) is 11.5. The van der Waals surface area contributed by atoms with Gasteiger partial charge in [-0.15, -0.1) is 0 Å². The summed E-state index contributed by atoms with van der Waals surface area (Å²) in [5.41, 5.74) is 0.879. The molecule has 0 radical (unpaired) electrons. The minimum absolute atomic E-state index is 0.0656. The lowest BCUT2D eigenvalue weighted by atomic mass is 9.77. The van der Waals surface area contributed by atoms with Gasteiger partial charge < -0.3 is 20.1 Å². The Kier molecular flexibility index (Phi) is 11.3. The van der Waals surface area contributed by atoms with Gasteiger partial charge in [-0.2, -0.15) is 0 Å². The number of ether oxygens (including phenoxy) is 2. The van der Waals surface area contributed by atoms with E-state index in [0.29, 0.717) is 0 Å². The molecule has 7 nitrogen and oxygen atoms in total. The molecule has 1 atom stereocenters. The first kappa shape index (κ1) is 33.1. The lowest BCUT2D eigenvalue weighted by Gasteiger charge is -2.37. The smallest absolute Gasteiger partial charge is 0.408 e. The summed E-state index contributed by atoms with van der Waals surface area (Å²) in [5.74, 6) is -0.747. The highest BCUT2D eigenvalue weighted by atomic mass is 16.6. The van der Waals surface area contributed by atoms with Gasteiger partial charge in [-0.3, -0.25) is 4.79 Å². The molecule has 0 saturated heterocycles. The molecule has 0 heterocycles. The van der Waals surface area contributed by atoms with E-state index in [1.807, 2.05) is 112 Å². The number of esters is 1. The molecule has 0 fully saturated rings. The fourth-order valence-corrected chi connectivity index (χ4v) is 4.55. The third kappa shape index (κ3) is 10.4. The highest BCUT2D eigenvalue weighted by molar-refractivity contribution is 5.82. The molecule has 0 aliphatic carbocycles. The number of hydrogen-bond acceptors (Lipinski definition) is 5. The molecule has 0 aliphatic heterocycles. The van der Waals surface area contributed by atoms with Gasteiger partial charge in [0, 0.05) is 12.5 Å². The first-order valence-electron chi connectivity index (χ1n) is 14.6. The highest BCUT2D eigenvalue weighted by Crippen LogP contribution is 2.37. The summed E-state index contributed by atoms with van der Waals surface area (Å²) < 4.78 is 10.8. The number of alkyl carbamates (subject to hydrolysis) is 1. The third-order valence-electron chi connectivity index (χ3n) is 6.44. The van der Waals surface area contributed by atoms with Crippen molar-refractivity contribution >= 4 is 18.0 Å². The Bertz CT molecular complexity index is 1260. The summed E-state index contributed by atoms with van der Waals surface area (Å²) >= 11 is 0. The molecule has 7 heteroatoms. The fraction of sp³-hybridized carbons (Fsp3) is 0.361. The SMILES string of the molecule is CC(C)(C)COC(=O)/C=C/[C@H](CCC(=O)NC(c1ccccc1)(c1ccccc1)c1ccccc1)NC(=O)OC(C)(C)C. The molecule has 0 aliphatic rings. The predicted molar refractivity (Wildman–Crippen MR) is 169 cm³/mol. The minimum Gasteiger partial charge on any atom is -0.462 e. The van der Waals surface area contributed by atoms with Crippen molar-refractivity contribution in [3.8, 4) is 0 Å². The van der Waals surface area contributed by atoms with Crippen LogP contribution in [-0.2, 0) is 24.6 Å². The van der Waals surface area contributed by atoms with Crippen LogP contribution in [0.5, 0.6) is 0 Å². The normalized spacial score (nSPS) is 12.8. The minimum atomic E-state index is -0.957. The zero-order chi connectivity index (χ0) is 31.5. The van der Waals surface area contributed by atoms with Gasteiger partial charge in [0.1, 0.15) is 11.1 Å². The molecule has 3 aromatic rings. The molecule has 43 heavy (non-hydrogen) atoms. The molecular weight excluding hydrogens is 540 g/mol. The van der Waals surface area contributed by atoms with Crippen molar-refractivity contribution in [2.45, 2.75) is 71.6 Å². The lowest BCUT2D eigenvalue weighted by Crippen LogP contribution is -2.48. The summed E-state index contributed by atoms with van der Waals surface area (Å²) in [5, 5.41) is 6.11. The average Bonchev–Trinajstić information content (AvgIpc) is 2.96. The Morgan fingerprint density at radius 2 is 1.21 bits per heavy atom. The number of hydrogen-bond donors (Lipinski definition) is 2. The van der Waals surface area contributed by atoms with Crippen LogP contribution >= 0.6 is 0 Å². The van der Waals surface area contributed by atoms with E-state index in [2.05, 4.69) is 10.6 Å². The number of rotatable bonds is 11. The topological polar surface area (TPSA) is 93.7 Å². The molecule has 2 N–H and O–H groups in total. The van der Waals surface area contributed by atoms with Crippen LogP contribution in [0.1, 0.15) is 71.1 Å². The Morgan fingerprint density at radius 1 is 0.744 bits per heavy atom. The van der Waals surface area contributed by atoms with Gasteiger partial charge in [-0.25, -0.2) is 9.59 Å². The van der Waals surface area contributed by atoms with Gasteiger partial charge in [0.25, 0.3) is 0 Å². The number of benzene rings is 3. The van der Waals surface area contributed by atoms with Crippen molar-refractivity contribution in [1.82, 2.24) is 10.6 Å². The molecular formula is C36H44N2O5. The Balaban J connectivity index is 1.87. The molecule has 2 amide bonds. The molecule has 3 aromatic carbocycles. The van der Waals surface area contributed by atoms with Gasteiger partial charge in [0.2, 0.25) is 5.91 Å². The van der Waals surface area contributed by atoms with Crippen molar-refractivity contribution in [2.75, 3.05) is 6.61 Å². The van der Waals surface area contributed by atoms with Crippen molar-refractivity contribution in [2.24, 2.45) is 5.41 Å². The number of carbonyl (C=O) groups is 3. The van der Waals surface area contributed by atoms with Crippen molar-refractivity contribution < 1.29 is 23.9 Å². The fourth-order valence-electron chi connectivity index (χ4n) is 4.55. The van der Waals surface area contributed by atoms with Gasteiger partial charge in [0.05, 0.1) is 12.6 Å². The number of carbonyl (C=O) groups excluding carboxylic acids is 3. The highest BCUT2D eigenvalue weighted by Gasteiger charge is 2.37. The van der Waals surface area contributed by atoms with Gasteiger partial charge in [-0.05, 0) is 49.3 Å². The number of amides is 2. The standard InChI is InChI=1S/C36H44N2O5/c1-34(2,3)26-42-32(40)25-23-30(37-33(41)43-35(4,5)6)22-24-31(39)38-36(27-16-10-7-11-17-27,28-18-12-8-13-19-28)29-20-14-9-15-21-29/h7-21,23,25,30H,22,24,26H2,1-6H3,(H,37,41)(H,38,39)/b25-23+/t30-/m0/s1. The summed E-state index contributed by atoms with van der Waals surface area (Å²) in [6.07, 6.45) is 2.48. The molecule has 0 bridgehead atoms. The summed E-state index contributed by atoms with van der Waals surface area (Å²) in [6, 6.07) is 28.9. The maximum absolute atomic E-state index is 13.8. The van der Waals surface area contributed by atoms with Gasteiger partial charge in [-0.1, -0.05) is 118 Å². The van der Waals surface area contributed by atoms with E-state index < -0.39 is 29.2 Å². The number of nitrogens with one attached hydrogen (secondary N) is 2. The lowest BCUT2D eigenvalue weighted by molar-refractivity contribution is -0.140. The Labute approximate surface area is 255 Å². The quantitative estimate of drug-likeness (QED) is 0.145. The first-order chi connectivity index (χ1) is 20.3. The zero-order valence-corrected chi connectivity index (χ0v) is 26.1. The largest absolute Gasteiger partial charge is 0.462 e. The van der Waals surface area contributed by atoms with Gasteiger partial charge in [0.15, 0.2) is 0 Å². The summed E-state index contributed by atoms with van der Waals surface area (Å²) in [7, 11) is 0. The van der Waals surface area contributed by atoms with E-state index in [1.54, 1.807) is 26.8 Å². The van der Waals surface area contributed by atoms with E-state index >= 15 is 0 Å². The van der Waals surface area contributed by atoms with E-state index in [9.17, 15) is 14.4 Å².